The highest BCUT2D eigenvalue weighted by atomic mass is 16.5. The standard InChI is InChI=1S/C22H23N3O3/c1-25-12-6-9-19(25)14-22(26)24-23-15-18-10-11-20(21(13-18)27-2)28-16-17-7-4-3-5-8-17/h3-13,15H,14,16H2,1-2H3,(H,24,26)/b23-15-. The van der Waals surface area contributed by atoms with Crippen LogP contribution in [0, 0.1) is 0 Å². The zero-order valence-electron chi connectivity index (χ0n) is 16.0. The number of amides is 1. The molecular formula is C22H23N3O3. The van der Waals surface area contributed by atoms with Gasteiger partial charge in [0, 0.05) is 18.9 Å². The largest absolute Gasteiger partial charge is 0.493 e. The maximum Gasteiger partial charge on any atom is 0.245 e. The molecule has 6 heteroatoms. The molecule has 0 aliphatic heterocycles. The van der Waals surface area contributed by atoms with Gasteiger partial charge in [-0.05, 0) is 41.5 Å². The lowest BCUT2D eigenvalue weighted by Crippen LogP contribution is -2.20. The average Bonchev–Trinajstić information content (AvgIpc) is 3.12. The molecule has 1 amide bonds. The third-order valence-corrected chi connectivity index (χ3v) is 4.22. The minimum Gasteiger partial charge on any atom is -0.493 e. The van der Waals surface area contributed by atoms with Gasteiger partial charge in [0.05, 0.1) is 19.7 Å². The minimum atomic E-state index is -0.173. The lowest BCUT2D eigenvalue weighted by atomic mass is 10.2. The highest BCUT2D eigenvalue weighted by Gasteiger charge is 2.07. The monoisotopic (exact) mass is 377 g/mol. The van der Waals surface area contributed by atoms with Crippen molar-refractivity contribution in [3.8, 4) is 11.5 Å². The molecule has 6 nitrogen and oxygen atoms in total. The number of ether oxygens (including phenoxy) is 2. The van der Waals surface area contributed by atoms with Crippen LogP contribution in [0.25, 0.3) is 0 Å². The Kier molecular flexibility index (Phi) is 6.46. The Balaban J connectivity index is 1.57. The molecule has 0 bridgehead atoms. The Hall–Kier alpha value is -3.54. The van der Waals surface area contributed by atoms with E-state index in [4.69, 9.17) is 9.47 Å². The number of rotatable bonds is 8. The van der Waals surface area contributed by atoms with E-state index in [-0.39, 0.29) is 12.3 Å². The Morgan fingerprint density at radius 1 is 1.11 bits per heavy atom. The first-order valence-corrected chi connectivity index (χ1v) is 8.92. The van der Waals surface area contributed by atoms with Crippen LogP contribution in [0.1, 0.15) is 16.8 Å². The lowest BCUT2D eigenvalue weighted by Gasteiger charge is -2.11. The maximum absolute atomic E-state index is 12.0. The van der Waals surface area contributed by atoms with E-state index in [9.17, 15) is 4.79 Å². The summed E-state index contributed by atoms with van der Waals surface area (Å²) in [5, 5.41) is 4.02. The van der Waals surface area contributed by atoms with Gasteiger partial charge in [0.15, 0.2) is 11.5 Å². The number of hydrogen-bond donors (Lipinski definition) is 1. The predicted octanol–water partition coefficient (Wildman–Crippen LogP) is 3.31. The van der Waals surface area contributed by atoms with E-state index in [0.29, 0.717) is 18.1 Å². The molecule has 1 heterocycles. The molecule has 3 aromatic rings. The van der Waals surface area contributed by atoms with Crippen molar-refractivity contribution in [1.82, 2.24) is 9.99 Å². The van der Waals surface area contributed by atoms with Gasteiger partial charge in [-0.15, -0.1) is 0 Å². The lowest BCUT2D eigenvalue weighted by molar-refractivity contribution is -0.120. The number of carbonyl (C=O) groups is 1. The van der Waals surface area contributed by atoms with E-state index in [0.717, 1.165) is 16.8 Å². The third kappa shape index (κ3) is 5.23. The zero-order valence-corrected chi connectivity index (χ0v) is 16.0. The summed E-state index contributed by atoms with van der Waals surface area (Å²) in [6, 6.07) is 19.2. The normalized spacial score (nSPS) is 10.8. The molecule has 1 N–H and O–H groups in total. The Morgan fingerprint density at radius 3 is 2.64 bits per heavy atom. The van der Waals surface area contributed by atoms with Gasteiger partial charge in [-0.3, -0.25) is 4.79 Å². The van der Waals surface area contributed by atoms with Gasteiger partial charge >= 0.3 is 0 Å². The molecule has 144 valence electrons. The summed E-state index contributed by atoms with van der Waals surface area (Å²) in [7, 11) is 3.49. The highest BCUT2D eigenvalue weighted by Crippen LogP contribution is 2.28. The van der Waals surface area contributed by atoms with Crippen molar-refractivity contribution >= 4 is 12.1 Å². The van der Waals surface area contributed by atoms with E-state index in [1.54, 1.807) is 13.3 Å². The second kappa shape index (κ2) is 9.41. The number of aromatic nitrogens is 1. The van der Waals surface area contributed by atoms with Crippen LogP contribution in [0.4, 0.5) is 0 Å². The van der Waals surface area contributed by atoms with Crippen molar-refractivity contribution in [2.45, 2.75) is 13.0 Å². The third-order valence-electron chi connectivity index (χ3n) is 4.22. The number of benzene rings is 2. The maximum atomic E-state index is 12.0. The summed E-state index contributed by atoms with van der Waals surface area (Å²) in [5.74, 6) is 1.08. The molecule has 0 aliphatic rings. The molecular weight excluding hydrogens is 354 g/mol. The Bertz CT molecular complexity index is 949. The fourth-order valence-corrected chi connectivity index (χ4v) is 2.68. The quantitative estimate of drug-likeness (QED) is 0.484. The van der Waals surface area contributed by atoms with E-state index < -0.39 is 0 Å². The van der Waals surface area contributed by atoms with Gasteiger partial charge in [0.25, 0.3) is 0 Å². The number of nitrogens with zero attached hydrogens (tertiary/aromatic N) is 2. The van der Waals surface area contributed by atoms with Gasteiger partial charge in [0.2, 0.25) is 5.91 Å². The van der Waals surface area contributed by atoms with Gasteiger partial charge < -0.3 is 14.0 Å². The summed E-state index contributed by atoms with van der Waals surface area (Å²) in [5.41, 5.74) is 5.34. The van der Waals surface area contributed by atoms with Crippen molar-refractivity contribution in [1.29, 1.82) is 0 Å². The van der Waals surface area contributed by atoms with Gasteiger partial charge in [-0.2, -0.15) is 5.10 Å². The van der Waals surface area contributed by atoms with E-state index >= 15 is 0 Å². The van der Waals surface area contributed by atoms with Crippen LogP contribution >= 0.6 is 0 Å². The first-order chi connectivity index (χ1) is 13.7. The molecule has 2 aromatic carbocycles. The van der Waals surface area contributed by atoms with Crippen molar-refractivity contribution < 1.29 is 14.3 Å². The van der Waals surface area contributed by atoms with Crippen LogP contribution < -0.4 is 14.9 Å². The topological polar surface area (TPSA) is 64.8 Å². The number of carbonyl (C=O) groups excluding carboxylic acids is 1. The molecule has 28 heavy (non-hydrogen) atoms. The number of aryl methyl sites for hydroxylation is 1. The molecule has 0 radical (unpaired) electrons. The summed E-state index contributed by atoms with van der Waals surface area (Å²) < 4.78 is 13.2. The van der Waals surface area contributed by atoms with Crippen molar-refractivity contribution in [2.75, 3.05) is 7.11 Å². The molecule has 0 aliphatic carbocycles. The summed E-state index contributed by atoms with van der Waals surface area (Å²) in [4.78, 5) is 12.0. The minimum absolute atomic E-state index is 0.173. The second-order valence-electron chi connectivity index (χ2n) is 6.26. The van der Waals surface area contributed by atoms with Crippen LogP contribution in [0.5, 0.6) is 11.5 Å². The number of methoxy groups -OCH3 is 1. The Labute approximate surface area is 164 Å². The number of nitrogens with one attached hydrogen (secondary N) is 1. The molecule has 0 fully saturated rings. The molecule has 1 aromatic heterocycles. The van der Waals surface area contributed by atoms with E-state index in [1.807, 2.05) is 78.5 Å². The first-order valence-electron chi connectivity index (χ1n) is 8.92. The second-order valence-corrected chi connectivity index (χ2v) is 6.26. The van der Waals surface area contributed by atoms with Crippen molar-refractivity contribution in [3.63, 3.8) is 0 Å². The van der Waals surface area contributed by atoms with Crippen LogP contribution in [0.2, 0.25) is 0 Å². The van der Waals surface area contributed by atoms with Crippen LogP contribution in [0.3, 0.4) is 0 Å². The highest BCUT2D eigenvalue weighted by molar-refractivity contribution is 5.83. The van der Waals surface area contributed by atoms with Crippen molar-refractivity contribution in [2.24, 2.45) is 12.1 Å². The molecule has 0 atom stereocenters. The number of hydrogen-bond acceptors (Lipinski definition) is 4. The van der Waals surface area contributed by atoms with Crippen molar-refractivity contribution in [3.05, 3.63) is 83.7 Å². The fraction of sp³-hybridized carbons (Fsp3) is 0.182. The van der Waals surface area contributed by atoms with Gasteiger partial charge in [-0.25, -0.2) is 5.43 Å². The fourth-order valence-electron chi connectivity index (χ4n) is 2.68. The average molecular weight is 377 g/mol. The smallest absolute Gasteiger partial charge is 0.245 e. The van der Waals surface area contributed by atoms with E-state index in [1.165, 1.54) is 0 Å². The summed E-state index contributed by atoms with van der Waals surface area (Å²) in [6.45, 7) is 0.458. The molecule has 0 saturated heterocycles. The first kappa shape index (κ1) is 19.2. The van der Waals surface area contributed by atoms with Gasteiger partial charge in [-0.1, -0.05) is 30.3 Å². The predicted molar refractivity (Wildman–Crippen MR) is 109 cm³/mol. The summed E-state index contributed by atoms with van der Waals surface area (Å²) >= 11 is 0. The van der Waals surface area contributed by atoms with Crippen LogP contribution in [-0.2, 0) is 24.9 Å². The zero-order chi connectivity index (χ0) is 19.8. The molecule has 0 spiro atoms. The van der Waals surface area contributed by atoms with Crippen LogP contribution in [0.15, 0.2) is 72.0 Å². The Morgan fingerprint density at radius 2 is 1.93 bits per heavy atom. The van der Waals surface area contributed by atoms with Crippen LogP contribution in [-0.4, -0.2) is 23.8 Å². The molecule has 0 unspecified atom stereocenters. The molecule has 0 saturated carbocycles. The summed E-state index contributed by atoms with van der Waals surface area (Å²) in [6.07, 6.45) is 3.75. The number of hydrazone groups is 1. The SMILES string of the molecule is COc1cc(/C=N\NC(=O)Cc2cccn2C)ccc1OCc1ccccc1. The van der Waals surface area contributed by atoms with E-state index in [2.05, 4.69) is 10.5 Å². The van der Waals surface area contributed by atoms with Gasteiger partial charge in [0.1, 0.15) is 6.61 Å². The molecule has 3 rings (SSSR count).